The maximum atomic E-state index is 5.68. The van der Waals surface area contributed by atoms with Crippen molar-refractivity contribution in [2.24, 2.45) is 0 Å². The van der Waals surface area contributed by atoms with Crippen molar-refractivity contribution >= 4 is 30.2 Å². The number of halogens is 1. The van der Waals surface area contributed by atoms with Gasteiger partial charge in [-0.2, -0.15) is 11.8 Å². The van der Waals surface area contributed by atoms with E-state index in [2.05, 4.69) is 23.7 Å². The van der Waals surface area contributed by atoms with Gasteiger partial charge in [-0.05, 0) is 24.0 Å². The van der Waals surface area contributed by atoms with Crippen molar-refractivity contribution in [1.82, 2.24) is 5.32 Å². The Labute approximate surface area is 113 Å². The first-order valence-corrected chi connectivity index (χ1v) is 6.90. The molecule has 0 unspecified atom stereocenters. The van der Waals surface area contributed by atoms with Crippen LogP contribution in [0.4, 0.5) is 0 Å². The van der Waals surface area contributed by atoms with E-state index in [4.69, 9.17) is 4.74 Å². The van der Waals surface area contributed by atoms with E-state index in [-0.39, 0.29) is 12.4 Å². The second-order valence-corrected chi connectivity index (χ2v) is 4.78. The maximum Gasteiger partial charge on any atom is 0.127 e. The molecule has 0 aliphatic carbocycles. The molecule has 0 bridgehead atoms. The van der Waals surface area contributed by atoms with E-state index in [0.717, 1.165) is 24.6 Å². The average Bonchev–Trinajstić information content (AvgIpc) is 2.34. The Bertz CT molecular complexity index is 381. The molecule has 1 aromatic rings. The molecule has 0 amide bonds. The first-order chi connectivity index (χ1) is 7.90. The van der Waals surface area contributed by atoms with Crippen molar-refractivity contribution in [3.8, 4) is 5.75 Å². The third-order valence-corrected chi connectivity index (χ3v) is 3.14. The van der Waals surface area contributed by atoms with Crippen LogP contribution >= 0.6 is 24.2 Å². The normalized spacial score (nSPS) is 13.1. The van der Waals surface area contributed by atoms with Crippen molar-refractivity contribution in [2.75, 3.05) is 31.7 Å². The van der Waals surface area contributed by atoms with Gasteiger partial charge in [-0.3, -0.25) is 0 Å². The zero-order valence-electron chi connectivity index (χ0n) is 9.94. The van der Waals surface area contributed by atoms with Crippen molar-refractivity contribution in [2.45, 2.75) is 0 Å². The fraction of sp³-hybridized carbons (Fsp3) is 0.385. The average molecular weight is 272 g/mol. The Hall–Kier alpha value is -0.640. The van der Waals surface area contributed by atoms with Gasteiger partial charge in [0.15, 0.2) is 0 Å². The molecule has 0 atom stereocenters. The lowest BCUT2D eigenvalue weighted by atomic mass is 10.1. The molecular weight excluding hydrogens is 254 g/mol. The van der Waals surface area contributed by atoms with E-state index in [1.807, 2.05) is 30.0 Å². The van der Waals surface area contributed by atoms with Crippen LogP contribution in [0.1, 0.15) is 5.56 Å². The minimum Gasteiger partial charge on any atom is -0.489 e. The summed E-state index contributed by atoms with van der Waals surface area (Å²) in [7, 11) is 0. The highest BCUT2D eigenvalue weighted by Gasteiger charge is 2.09. The molecule has 0 radical (unpaired) electrons. The van der Waals surface area contributed by atoms with Gasteiger partial charge in [0.25, 0.3) is 0 Å². The molecule has 0 aromatic heterocycles. The summed E-state index contributed by atoms with van der Waals surface area (Å²) < 4.78 is 5.68. The predicted octanol–water partition coefficient (Wildman–Crippen LogP) is 2.84. The molecule has 1 aromatic carbocycles. The first-order valence-electron chi connectivity index (χ1n) is 5.51. The van der Waals surface area contributed by atoms with Crippen LogP contribution in [-0.4, -0.2) is 31.7 Å². The molecule has 17 heavy (non-hydrogen) atoms. The Morgan fingerprint density at radius 1 is 1.35 bits per heavy atom. The maximum absolute atomic E-state index is 5.68. The van der Waals surface area contributed by atoms with Crippen LogP contribution in [0.3, 0.4) is 0 Å². The number of para-hydroxylation sites is 1. The van der Waals surface area contributed by atoms with Crippen LogP contribution < -0.4 is 10.1 Å². The largest absolute Gasteiger partial charge is 0.489 e. The summed E-state index contributed by atoms with van der Waals surface area (Å²) in [5.74, 6) is 2.15. The van der Waals surface area contributed by atoms with Crippen molar-refractivity contribution < 1.29 is 4.74 Å². The molecular formula is C13H18ClNOS. The Balaban J connectivity index is 0.00000144. The number of benzene rings is 1. The van der Waals surface area contributed by atoms with Gasteiger partial charge in [-0.25, -0.2) is 0 Å². The Morgan fingerprint density at radius 3 is 3.00 bits per heavy atom. The van der Waals surface area contributed by atoms with Crippen LogP contribution in [0.15, 0.2) is 29.8 Å². The zero-order valence-corrected chi connectivity index (χ0v) is 11.6. The number of ether oxygens (including phenoxy) is 1. The quantitative estimate of drug-likeness (QED) is 0.832. The summed E-state index contributed by atoms with van der Waals surface area (Å²) in [6.07, 6.45) is 4.35. The summed E-state index contributed by atoms with van der Waals surface area (Å²) >= 11 is 1.86. The molecule has 0 saturated carbocycles. The van der Waals surface area contributed by atoms with E-state index >= 15 is 0 Å². The van der Waals surface area contributed by atoms with E-state index < -0.39 is 0 Å². The van der Waals surface area contributed by atoms with Gasteiger partial charge in [-0.15, -0.1) is 12.4 Å². The van der Waals surface area contributed by atoms with Gasteiger partial charge >= 0.3 is 0 Å². The lowest BCUT2D eigenvalue weighted by Gasteiger charge is -2.18. The number of fused-ring (bicyclic) bond motifs is 1. The second kappa shape index (κ2) is 7.64. The highest BCUT2D eigenvalue weighted by atomic mass is 35.5. The van der Waals surface area contributed by atoms with E-state index in [0.29, 0.717) is 6.61 Å². The summed E-state index contributed by atoms with van der Waals surface area (Å²) in [6.45, 7) is 2.69. The van der Waals surface area contributed by atoms with Gasteiger partial charge in [0.1, 0.15) is 12.4 Å². The summed E-state index contributed by atoms with van der Waals surface area (Å²) in [6, 6.07) is 8.16. The SMILES string of the molecule is CSCCNCC1=Cc2ccccc2OC1.Cl. The number of rotatable bonds is 5. The highest BCUT2D eigenvalue weighted by Crippen LogP contribution is 2.25. The van der Waals surface area contributed by atoms with Crippen LogP contribution in [0.5, 0.6) is 5.75 Å². The monoisotopic (exact) mass is 271 g/mol. The highest BCUT2D eigenvalue weighted by molar-refractivity contribution is 7.98. The minimum absolute atomic E-state index is 0. The van der Waals surface area contributed by atoms with Crippen LogP contribution in [0.25, 0.3) is 6.08 Å². The number of hydrogen-bond acceptors (Lipinski definition) is 3. The summed E-state index contributed by atoms with van der Waals surface area (Å²) in [5.41, 5.74) is 2.51. The second-order valence-electron chi connectivity index (χ2n) is 3.80. The molecule has 0 fully saturated rings. The number of thioether (sulfide) groups is 1. The molecule has 1 N–H and O–H groups in total. The molecule has 2 rings (SSSR count). The molecule has 2 nitrogen and oxygen atoms in total. The van der Waals surface area contributed by atoms with Crippen molar-refractivity contribution in [3.63, 3.8) is 0 Å². The summed E-state index contributed by atoms with van der Waals surface area (Å²) in [5, 5.41) is 3.42. The molecule has 1 heterocycles. The van der Waals surface area contributed by atoms with Crippen LogP contribution in [-0.2, 0) is 0 Å². The lowest BCUT2D eigenvalue weighted by Crippen LogP contribution is -2.23. The third kappa shape index (κ3) is 4.26. The molecule has 94 valence electrons. The van der Waals surface area contributed by atoms with Crippen LogP contribution in [0, 0.1) is 0 Å². The molecule has 0 spiro atoms. The smallest absolute Gasteiger partial charge is 0.127 e. The number of nitrogens with one attached hydrogen (secondary N) is 1. The first kappa shape index (κ1) is 14.4. The fourth-order valence-electron chi connectivity index (χ4n) is 1.69. The minimum atomic E-state index is 0. The van der Waals surface area contributed by atoms with Crippen LogP contribution in [0.2, 0.25) is 0 Å². The molecule has 1 aliphatic rings. The van der Waals surface area contributed by atoms with E-state index in [9.17, 15) is 0 Å². The Morgan fingerprint density at radius 2 is 2.18 bits per heavy atom. The van der Waals surface area contributed by atoms with E-state index in [1.165, 1.54) is 11.1 Å². The van der Waals surface area contributed by atoms with Crippen molar-refractivity contribution in [1.29, 1.82) is 0 Å². The van der Waals surface area contributed by atoms with Crippen molar-refractivity contribution in [3.05, 3.63) is 35.4 Å². The molecule has 4 heteroatoms. The fourth-order valence-corrected chi connectivity index (χ4v) is 2.04. The lowest BCUT2D eigenvalue weighted by molar-refractivity contribution is 0.343. The van der Waals surface area contributed by atoms with Gasteiger partial charge in [-0.1, -0.05) is 18.2 Å². The molecule has 0 saturated heterocycles. The third-order valence-electron chi connectivity index (χ3n) is 2.53. The number of hydrogen-bond donors (Lipinski definition) is 1. The summed E-state index contributed by atoms with van der Waals surface area (Å²) in [4.78, 5) is 0. The van der Waals surface area contributed by atoms with Gasteiger partial charge in [0, 0.05) is 24.4 Å². The zero-order chi connectivity index (χ0) is 11.2. The predicted molar refractivity (Wildman–Crippen MR) is 78.4 cm³/mol. The van der Waals surface area contributed by atoms with Gasteiger partial charge < -0.3 is 10.1 Å². The van der Waals surface area contributed by atoms with Gasteiger partial charge in [0.2, 0.25) is 0 Å². The topological polar surface area (TPSA) is 21.3 Å². The molecule has 1 aliphatic heterocycles. The Kier molecular flexibility index (Phi) is 6.48. The van der Waals surface area contributed by atoms with Gasteiger partial charge in [0.05, 0.1) is 0 Å². The van der Waals surface area contributed by atoms with E-state index in [1.54, 1.807) is 0 Å². The standard InChI is InChI=1S/C13H17NOS.ClH/c1-16-7-6-14-9-11-8-12-4-2-3-5-13(12)15-10-11;/h2-5,8,14H,6-7,9-10H2,1H3;1H.